The number of hydrogen-bond donors (Lipinski definition) is 2. The van der Waals surface area contributed by atoms with Crippen LogP contribution >= 0.6 is 11.6 Å². The first-order chi connectivity index (χ1) is 13.8. The van der Waals surface area contributed by atoms with Crippen LogP contribution in [0, 0.1) is 20.2 Å². The summed E-state index contributed by atoms with van der Waals surface area (Å²) in [6.45, 7) is 0. The van der Waals surface area contributed by atoms with Crippen molar-refractivity contribution in [2.45, 2.75) is 0 Å². The Kier molecular flexibility index (Phi) is 5.70. The quantitative estimate of drug-likeness (QED) is 0.425. The molecule has 3 rings (SSSR count). The Bertz CT molecular complexity index is 1050. The van der Waals surface area contributed by atoms with Crippen molar-refractivity contribution in [1.29, 1.82) is 0 Å². The molecule has 2 N–H and O–H groups in total. The molecule has 10 heteroatoms. The summed E-state index contributed by atoms with van der Waals surface area (Å²) >= 11 is 5.79. The van der Waals surface area contributed by atoms with E-state index < -0.39 is 27.1 Å². The molecule has 29 heavy (non-hydrogen) atoms. The van der Waals surface area contributed by atoms with Crippen molar-refractivity contribution in [3.63, 3.8) is 0 Å². The summed E-state index contributed by atoms with van der Waals surface area (Å²) in [6, 6.07) is 16.4. The molecule has 3 aromatic rings. The Morgan fingerprint density at radius 2 is 1.38 bits per heavy atom. The number of nitrogens with zero attached hydrogens (tertiary/aromatic N) is 2. The summed E-state index contributed by atoms with van der Waals surface area (Å²) in [5.41, 5.74) is -0.909. The summed E-state index contributed by atoms with van der Waals surface area (Å²) in [5, 5.41) is 28.8. The van der Waals surface area contributed by atoms with Crippen LogP contribution in [0.4, 0.5) is 28.4 Å². The van der Waals surface area contributed by atoms with Gasteiger partial charge in [0.25, 0.3) is 5.91 Å². The second kappa shape index (κ2) is 8.36. The lowest BCUT2D eigenvalue weighted by atomic mass is 10.1. The average molecular weight is 413 g/mol. The van der Waals surface area contributed by atoms with E-state index in [9.17, 15) is 25.0 Å². The van der Waals surface area contributed by atoms with Crippen LogP contribution in [0.15, 0.2) is 66.7 Å². The van der Waals surface area contributed by atoms with Gasteiger partial charge in [-0.05, 0) is 36.4 Å². The van der Waals surface area contributed by atoms with Gasteiger partial charge < -0.3 is 10.6 Å². The number of carbonyl (C=O) groups is 1. The Labute approximate surface area is 169 Å². The van der Waals surface area contributed by atoms with Gasteiger partial charge in [-0.2, -0.15) is 0 Å². The summed E-state index contributed by atoms with van der Waals surface area (Å²) in [5.74, 6) is -0.732. The van der Waals surface area contributed by atoms with Crippen LogP contribution in [0.25, 0.3) is 0 Å². The topological polar surface area (TPSA) is 127 Å². The highest BCUT2D eigenvalue weighted by Gasteiger charge is 2.29. The molecule has 0 aliphatic carbocycles. The van der Waals surface area contributed by atoms with Gasteiger partial charge in [0.1, 0.15) is 0 Å². The maximum absolute atomic E-state index is 12.5. The van der Waals surface area contributed by atoms with Gasteiger partial charge in [0.15, 0.2) is 5.69 Å². The number of amides is 1. The fraction of sp³-hybridized carbons (Fsp3) is 0. The predicted octanol–water partition coefficient (Wildman–Crippen LogP) is 5.15. The van der Waals surface area contributed by atoms with Gasteiger partial charge in [-0.15, -0.1) is 0 Å². The van der Waals surface area contributed by atoms with Gasteiger partial charge >= 0.3 is 11.4 Å². The van der Waals surface area contributed by atoms with Crippen molar-refractivity contribution in [3.8, 4) is 0 Å². The molecule has 9 nitrogen and oxygen atoms in total. The molecule has 0 bridgehead atoms. The van der Waals surface area contributed by atoms with E-state index in [4.69, 9.17) is 11.6 Å². The van der Waals surface area contributed by atoms with E-state index in [1.54, 1.807) is 42.5 Å². The van der Waals surface area contributed by atoms with Gasteiger partial charge in [0.2, 0.25) is 0 Å². The summed E-state index contributed by atoms with van der Waals surface area (Å²) in [7, 11) is 0. The Hall–Kier alpha value is -3.98. The summed E-state index contributed by atoms with van der Waals surface area (Å²) in [6.07, 6.45) is 0. The van der Waals surface area contributed by atoms with Gasteiger partial charge in [-0.25, -0.2) is 0 Å². The number of halogens is 1. The predicted molar refractivity (Wildman–Crippen MR) is 109 cm³/mol. The van der Waals surface area contributed by atoms with Crippen molar-refractivity contribution in [1.82, 2.24) is 0 Å². The number of hydrogen-bond acceptors (Lipinski definition) is 6. The van der Waals surface area contributed by atoms with Gasteiger partial charge in [0, 0.05) is 28.5 Å². The third kappa shape index (κ3) is 4.66. The Morgan fingerprint density at radius 1 is 0.828 bits per heavy atom. The van der Waals surface area contributed by atoms with Gasteiger partial charge in [-0.1, -0.05) is 29.8 Å². The molecule has 3 aromatic carbocycles. The number of rotatable bonds is 6. The standard InChI is InChI=1S/C19H13ClN4O5/c20-13-6-8-15(9-7-13)22-19(25)12-10-16(23(26)27)18(17(11-12)24(28)29)21-14-4-2-1-3-5-14/h1-11,21H,(H,22,25). The lowest BCUT2D eigenvalue weighted by molar-refractivity contribution is -0.392. The zero-order valence-corrected chi connectivity index (χ0v) is 15.4. The number of nitrogens with one attached hydrogen (secondary N) is 2. The minimum Gasteiger partial charge on any atom is -0.344 e. The molecule has 0 aliphatic rings. The fourth-order valence-electron chi connectivity index (χ4n) is 2.56. The third-order valence-electron chi connectivity index (χ3n) is 3.90. The molecule has 0 spiro atoms. The minimum absolute atomic E-state index is 0.225. The largest absolute Gasteiger partial charge is 0.344 e. The van der Waals surface area contributed by atoms with E-state index in [0.29, 0.717) is 16.4 Å². The molecule has 0 heterocycles. The maximum atomic E-state index is 12.5. The third-order valence-corrected chi connectivity index (χ3v) is 4.15. The molecular weight excluding hydrogens is 400 g/mol. The minimum atomic E-state index is -0.780. The molecule has 0 radical (unpaired) electrons. The Balaban J connectivity index is 2.03. The van der Waals surface area contributed by atoms with E-state index in [1.807, 2.05) is 0 Å². The van der Waals surface area contributed by atoms with Crippen molar-refractivity contribution < 1.29 is 14.6 Å². The van der Waals surface area contributed by atoms with Crippen LogP contribution in [0.5, 0.6) is 0 Å². The highest BCUT2D eigenvalue weighted by atomic mass is 35.5. The fourth-order valence-corrected chi connectivity index (χ4v) is 2.69. The molecule has 146 valence electrons. The number of carbonyl (C=O) groups excluding carboxylic acids is 1. The average Bonchev–Trinajstić information content (AvgIpc) is 2.70. The van der Waals surface area contributed by atoms with Gasteiger partial charge in [-0.3, -0.25) is 25.0 Å². The first-order valence-electron chi connectivity index (χ1n) is 8.21. The molecule has 0 unspecified atom stereocenters. The number of para-hydroxylation sites is 1. The van der Waals surface area contributed by atoms with Crippen LogP contribution in [0.3, 0.4) is 0 Å². The van der Waals surface area contributed by atoms with Crippen LogP contribution in [-0.4, -0.2) is 15.8 Å². The molecule has 0 aliphatic heterocycles. The van der Waals surface area contributed by atoms with Crippen LogP contribution < -0.4 is 10.6 Å². The molecular formula is C19H13ClN4O5. The van der Waals surface area contributed by atoms with Crippen molar-refractivity contribution in [2.75, 3.05) is 10.6 Å². The van der Waals surface area contributed by atoms with Crippen LogP contribution in [0.2, 0.25) is 5.02 Å². The second-order valence-electron chi connectivity index (χ2n) is 5.86. The number of benzene rings is 3. The van der Waals surface area contributed by atoms with Crippen molar-refractivity contribution in [3.05, 3.63) is 97.5 Å². The monoisotopic (exact) mass is 412 g/mol. The molecule has 0 aromatic heterocycles. The molecule has 0 fully saturated rings. The Morgan fingerprint density at radius 3 is 1.90 bits per heavy atom. The summed E-state index contributed by atoms with van der Waals surface area (Å²) < 4.78 is 0. The first kappa shape index (κ1) is 19.8. The van der Waals surface area contributed by atoms with E-state index in [-0.39, 0.29) is 11.3 Å². The first-order valence-corrected chi connectivity index (χ1v) is 8.59. The van der Waals surface area contributed by atoms with Crippen LogP contribution in [-0.2, 0) is 0 Å². The van der Waals surface area contributed by atoms with E-state index in [2.05, 4.69) is 10.6 Å². The van der Waals surface area contributed by atoms with Gasteiger partial charge in [0.05, 0.1) is 15.4 Å². The zero-order valence-electron chi connectivity index (χ0n) is 14.7. The van der Waals surface area contributed by atoms with E-state index in [0.717, 1.165) is 12.1 Å². The number of nitro benzene ring substituents is 2. The SMILES string of the molecule is O=C(Nc1ccc(Cl)cc1)c1cc([N+](=O)[O-])c(Nc2ccccc2)c([N+](=O)[O-])c1. The number of anilines is 3. The normalized spacial score (nSPS) is 10.2. The smallest absolute Gasteiger partial charge is 0.300 e. The van der Waals surface area contributed by atoms with Crippen LogP contribution in [0.1, 0.15) is 10.4 Å². The van der Waals surface area contributed by atoms with Crippen molar-refractivity contribution >= 4 is 45.9 Å². The number of nitro groups is 2. The lowest BCUT2D eigenvalue weighted by Crippen LogP contribution is -2.13. The molecule has 0 saturated carbocycles. The van der Waals surface area contributed by atoms with Crippen molar-refractivity contribution in [2.24, 2.45) is 0 Å². The highest BCUT2D eigenvalue weighted by molar-refractivity contribution is 6.30. The summed E-state index contributed by atoms with van der Waals surface area (Å²) in [4.78, 5) is 34.1. The van der Waals surface area contributed by atoms with E-state index in [1.165, 1.54) is 12.1 Å². The zero-order chi connectivity index (χ0) is 21.0. The maximum Gasteiger partial charge on any atom is 0.300 e. The molecule has 0 atom stereocenters. The molecule has 0 saturated heterocycles. The highest BCUT2D eigenvalue weighted by Crippen LogP contribution is 2.38. The molecule has 1 amide bonds. The second-order valence-corrected chi connectivity index (χ2v) is 6.29. The van der Waals surface area contributed by atoms with E-state index >= 15 is 0 Å². The lowest BCUT2D eigenvalue weighted by Gasteiger charge is -2.10.